The van der Waals surface area contributed by atoms with Crippen molar-refractivity contribution >= 4 is 94.5 Å². The fraction of sp³-hybridized carbons (Fsp3) is 0.587. The Morgan fingerprint density at radius 1 is 0.537 bits per heavy atom. The number of benzene rings is 2. The van der Waals surface area contributed by atoms with Crippen LogP contribution >= 0.6 is 11.8 Å². The van der Waals surface area contributed by atoms with Gasteiger partial charge in [-0.3, -0.25) is 67.3 Å². The molecule has 0 aliphatic carbocycles. The zero-order chi connectivity index (χ0) is 70.1. The largest absolute Gasteiger partial charge is 0.370 e. The zero-order valence-electron chi connectivity index (χ0n) is 54.5. The second-order valence-corrected chi connectivity index (χ2v) is 25.1. The molecule has 10 atom stereocenters. The van der Waals surface area contributed by atoms with Crippen LogP contribution in [0.2, 0.25) is 0 Å². The molecule has 2 aliphatic heterocycles. The van der Waals surface area contributed by atoms with Crippen molar-refractivity contribution in [2.75, 3.05) is 44.7 Å². The first-order valence-corrected chi connectivity index (χ1v) is 33.6. The smallest absolute Gasteiger partial charge is 0.245 e. The Morgan fingerprint density at radius 2 is 1.01 bits per heavy atom. The molecule has 32 heteroatoms. The maximum absolute atomic E-state index is 14.7. The van der Waals surface area contributed by atoms with Gasteiger partial charge in [-0.1, -0.05) is 74.5 Å². The van der Waals surface area contributed by atoms with Crippen molar-refractivity contribution in [3.63, 3.8) is 0 Å². The lowest BCUT2D eigenvalue weighted by molar-refractivity contribution is -0.144. The van der Waals surface area contributed by atoms with Crippen LogP contribution in [-0.4, -0.2) is 198 Å². The lowest BCUT2D eigenvalue weighted by Crippen LogP contribution is -2.60. The highest BCUT2D eigenvalue weighted by Gasteiger charge is 2.42. The fourth-order valence-electron chi connectivity index (χ4n) is 11.0. The number of amides is 13. The summed E-state index contributed by atoms with van der Waals surface area (Å²) in [5, 5.41) is 21.1. The highest BCUT2D eigenvalue weighted by atomic mass is 32.2. The van der Waals surface area contributed by atoms with Gasteiger partial charge >= 0.3 is 0 Å². The van der Waals surface area contributed by atoms with E-state index < -0.39 is 169 Å². The maximum Gasteiger partial charge on any atom is 0.245 e. The average molecular weight is 1350 g/mol. The van der Waals surface area contributed by atoms with Crippen LogP contribution in [-0.2, 0) is 75.2 Å². The second kappa shape index (κ2) is 41.0. The van der Waals surface area contributed by atoms with E-state index in [1.54, 1.807) is 60.7 Å². The Labute approximate surface area is 558 Å². The molecule has 2 aromatic rings. The van der Waals surface area contributed by atoms with E-state index in [9.17, 15) is 62.3 Å². The fourth-order valence-corrected chi connectivity index (χ4v) is 11.5. The summed E-state index contributed by atoms with van der Waals surface area (Å²) >= 11 is 1.45. The third-order valence-corrected chi connectivity index (χ3v) is 16.7. The molecule has 2 saturated heterocycles. The molecule has 0 spiro atoms. The minimum absolute atomic E-state index is 0.0736. The number of hydrogen-bond donors (Lipinski definition) is 15. The molecule has 2 fully saturated rings. The van der Waals surface area contributed by atoms with E-state index in [4.69, 9.17) is 40.1 Å². The highest BCUT2D eigenvalue weighted by Crippen LogP contribution is 2.24. The molecule has 2 heterocycles. The van der Waals surface area contributed by atoms with Crippen molar-refractivity contribution in [2.45, 2.75) is 183 Å². The number of carbonyl (C=O) groups is 13. The van der Waals surface area contributed by atoms with Gasteiger partial charge in [0.15, 0.2) is 5.96 Å². The Balaban J connectivity index is 1.56. The van der Waals surface area contributed by atoms with E-state index in [1.807, 2.05) is 20.1 Å². The molecule has 13 amide bonds. The summed E-state index contributed by atoms with van der Waals surface area (Å²) in [4.78, 5) is 185. The first-order valence-electron chi connectivity index (χ1n) is 32.2. The molecule has 0 saturated carbocycles. The van der Waals surface area contributed by atoms with Crippen LogP contribution in [0.5, 0.6) is 0 Å². The van der Waals surface area contributed by atoms with Crippen LogP contribution in [0.25, 0.3) is 0 Å². The van der Waals surface area contributed by atoms with E-state index >= 15 is 0 Å². The lowest BCUT2D eigenvalue weighted by atomic mass is 10.0. The third kappa shape index (κ3) is 27.5. The molecule has 524 valence electrons. The molecule has 22 N–H and O–H groups in total. The Kier molecular flexibility index (Phi) is 33.9. The van der Waals surface area contributed by atoms with Crippen LogP contribution in [0.15, 0.2) is 65.7 Å². The quantitative estimate of drug-likeness (QED) is 0.0173. The van der Waals surface area contributed by atoms with Gasteiger partial charge in [-0.15, -0.1) is 0 Å². The number of aliphatic imine (C=N–C) groups is 1. The number of nitrogens with zero attached hydrogens (tertiary/aromatic N) is 3. The van der Waals surface area contributed by atoms with E-state index in [1.165, 1.54) is 21.6 Å². The predicted molar refractivity (Wildman–Crippen MR) is 356 cm³/mol. The Morgan fingerprint density at radius 3 is 1.51 bits per heavy atom. The average Bonchev–Trinajstić information content (AvgIpc) is 1.74. The summed E-state index contributed by atoms with van der Waals surface area (Å²) in [5.74, 6) is -9.80. The molecular weight excluding hydrogens is 1250 g/mol. The van der Waals surface area contributed by atoms with Crippen molar-refractivity contribution in [1.82, 2.24) is 52.3 Å². The van der Waals surface area contributed by atoms with Crippen molar-refractivity contribution in [3.8, 4) is 0 Å². The van der Waals surface area contributed by atoms with Gasteiger partial charge in [-0.25, -0.2) is 0 Å². The molecule has 0 unspecified atom stereocenters. The minimum atomic E-state index is -1.64. The van der Waals surface area contributed by atoms with E-state index in [-0.39, 0.29) is 83.0 Å². The molecule has 2 aromatic carbocycles. The Bertz CT molecular complexity index is 2960. The summed E-state index contributed by atoms with van der Waals surface area (Å²) in [6, 6.07) is 4.51. The van der Waals surface area contributed by atoms with Crippen molar-refractivity contribution in [1.29, 1.82) is 0 Å². The third-order valence-electron chi connectivity index (χ3n) is 16.0. The molecule has 2 aliphatic rings. The van der Waals surface area contributed by atoms with Crippen molar-refractivity contribution in [2.24, 2.45) is 51.0 Å². The summed E-state index contributed by atoms with van der Waals surface area (Å²) < 4.78 is 0. The van der Waals surface area contributed by atoms with Crippen LogP contribution in [0.1, 0.15) is 121 Å². The summed E-state index contributed by atoms with van der Waals surface area (Å²) in [6.45, 7) is 3.86. The van der Waals surface area contributed by atoms with Crippen molar-refractivity contribution in [3.05, 3.63) is 71.8 Å². The summed E-state index contributed by atoms with van der Waals surface area (Å²) in [6.07, 6.45) is 3.12. The first-order chi connectivity index (χ1) is 45.2. The first kappa shape index (κ1) is 78.5. The number of rotatable bonds is 42. The zero-order valence-corrected chi connectivity index (χ0v) is 55.3. The number of primary amides is 3. The van der Waals surface area contributed by atoms with Gasteiger partial charge in [0, 0.05) is 45.3 Å². The van der Waals surface area contributed by atoms with Crippen LogP contribution in [0.4, 0.5) is 0 Å². The molecule has 31 nitrogen and oxygen atoms in total. The van der Waals surface area contributed by atoms with Crippen LogP contribution in [0, 0.1) is 5.92 Å². The number of likely N-dealkylation sites (tertiary alicyclic amines) is 2. The number of thioether (sulfide) groups is 1. The number of nitrogens with two attached hydrogens (primary N) is 7. The second-order valence-electron chi connectivity index (χ2n) is 24.1. The van der Waals surface area contributed by atoms with Gasteiger partial charge in [0.2, 0.25) is 76.8 Å². The Hall–Kier alpha value is -8.91. The van der Waals surface area contributed by atoms with Gasteiger partial charge in [0.1, 0.15) is 54.4 Å². The molecule has 0 bridgehead atoms. The van der Waals surface area contributed by atoms with Gasteiger partial charge in [0.25, 0.3) is 0 Å². The molecule has 0 aromatic heterocycles. The van der Waals surface area contributed by atoms with Crippen LogP contribution < -0.4 is 82.7 Å². The van der Waals surface area contributed by atoms with E-state index in [0.717, 1.165) is 0 Å². The van der Waals surface area contributed by atoms with Crippen LogP contribution in [0.3, 0.4) is 0 Å². The number of guanidine groups is 1. The summed E-state index contributed by atoms with van der Waals surface area (Å²) in [7, 11) is 0. The molecular formula is C63H98N18O13S. The van der Waals surface area contributed by atoms with Gasteiger partial charge in [-0.2, -0.15) is 11.8 Å². The molecule has 4 rings (SSSR count). The van der Waals surface area contributed by atoms with Gasteiger partial charge in [-0.05, 0) is 119 Å². The van der Waals surface area contributed by atoms with E-state index in [2.05, 4.69) is 47.5 Å². The van der Waals surface area contributed by atoms with Crippen molar-refractivity contribution < 1.29 is 62.3 Å². The minimum Gasteiger partial charge on any atom is -0.370 e. The molecule has 95 heavy (non-hydrogen) atoms. The maximum atomic E-state index is 14.7. The number of carbonyl (C=O) groups excluding carboxylic acids is 13. The predicted octanol–water partition coefficient (Wildman–Crippen LogP) is -3.71. The number of hydrogen-bond acceptors (Lipinski definition) is 17. The SMILES string of the molecule is CSCC[C@H](NC(=O)[C@H](CC(C)C)NC(=O)CNC(=O)[C@H](Cc1ccccc1)NC(=O)[C@@H](Cc1ccccc1)NC(=O)[C@H](CCC(N)=O)NC(=O)[C@H](CCC(N)=O)NC(=O)[C@@H]1CCCN1C(=O)[C@@H](CCCCN)NC(=O)[C@H]1CCCN1C(=O)[C@H](N)CCCN=C(N)N)C(N)=O. The lowest BCUT2D eigenvalue weighted by Gasteiger charge is -2.32. The number of nitrogens with one attached hydrogen (secondary N) is 8. The highest BCUT2D eigenvalue weighted by molar-refractivity contribution is 7.98. The topological polar surface area (TPSA) is 519 Å². The van der Waals surface area contributed by atoms with E-state index in [0.29, 0.717) is 55.4 Å². The standard InChI is InChI=1S/C63H98N18O13S/c1-37(2)33-45(57(89)74-41(53(68)85)27-32-95-3)73-52(84)36-72-54(86)46(34-38-15-6-4-7-16-38)78-58(90)47(35-39-17-8-5-9-18-39)79-56(88)42(23-25-50(66)82)75-55(87)43(24-26-51(67)83)76-59(91)49-22-14-31-81(49)62(94)44(20-10-11-28-64)77-60(92)48-21-13-30-80(48)61(93)40(65)19-12-29-71-63(69)70/h4-9,15-18,37,40-49H,10-14,19-36,64-65H2,1-3H3,(H2,66,82)(H2,67,83)(H2,68,85)(H,72,86)(H,73,84)(H,74,89)(H,75,87)(H,76,91)(H,77,92)(H,78,90)(H,79,88)(H4,69,70,71)/t40-,41+,42+,43+,44-,45+,46+,47-,48-,49+/m1/s1. The monoisotopic (exact) mass is 1350 g/mol. The normalized spacial score (nSPS) is 16.8. The van der Waals surface area contributed by atoms with Gasteiger partial charge in [0.05, 0.1) is 12.6 Å². The van der Waals surface area contributed by atoms with Gasteiger partial charge < -0.3 is 92.5 Å². The number of unbranched alkanes of at least 4 members (excludes halogenated alkanes) is 1. The molecule has 0 radical (unpaired) electrons. The summed E-state index contributed by atoms with van der Waals surface area (Å²) in [5.41, 5.74) is 40.6.